The van der Waals surface area contributed by atoms with E-state index in [1.807, 2.05) is 6.07 Å². The van der Waals surface area contributed by atoms with Crippen molar-refractivity contribution >= 4 is 27.5 Å². The quantitative estimate of drug-likeness (QED) is 0.768. The molecular weight excluding hydrogens is 339 g/mol. The first-order valence-electron chi connectivity index (χ1n) is 8.25. The Hall–Kier alpha value is -2.16. The summed E-state index contributed by atoms with van der Waals surface area (Å²) in [5.74, 6) is 0.537. The number of rotatable bonds is 4. The zero-order chi connectivity index (χ0) is 17.2. The normalized spacial score (nSPS) is 17.1. The number of hydrogen-bond acceptors (Lipinski definition) is 7. The van der Waals surface area contributed by atoms with Crippen molar-refractivity contribution in [1.82, 2.24) is 19.9 Å². The zero-order valence-electron chi connectivity index (χ0n) is 13.7. The monoisotopic (exact) mass is 358 g/mol. The summed E-state index contributed by atoms with van der Waals surface area (Å²) >= 11 is 1.51. The summed E-state index contributed by atoms with van der Waals surface area (Å²) in [6.45, 7) is 3.42. The number of fused-ring (bicyclic) bond motifs is 1. The third-order valence-corrected chi connectivity index (χ3v) is 5.44. The maximum absolute atomic E-state index is 13.3. The molecule has 130 valence electrons. The summed E-state index contributed by atoms with van der Waals surface area (Å²) in [5.41, 5.74) is 7.22. The van der Waals surface area contributed by atoms with Gasteiger partial charge in [-0.05, 0) is 24.3 Å². The molecule has 1 aliphatic rings. The minimum absolute atomic E-state index is 0.0933. The van der Waals surface area contributed by atoms with Crippen LogP contribution in [0.1, 0.15) is 5.01 Å². The van der Waals surface area contributed by atoms with Crippen molar-refractivity contribution in [2.45, 2.75) is 12.6 Å². The Kier molecular flexibility index (Phi) is 4.56. The summed E-state index contributed by atoms with van der Waals surface area (Å²) in [7, 11) is 0. The van der Waals surface area contributed by atoms with Crippen LogP contribution >= 0.6 is 11.3 Å². The molecule has 1 aliphatic heterocycles. The number of nitrogens with two attached hydrogens (primary N) is 1. The van der Waals surface area contributed by atoms with E-state index in [2.05, 4.69) is 24.8 Å². The smallest absolute Gasteiger partial charge is 0.225 e. The summed E-state index contributed by atoms with van der Waals surface area (Å²) in [5, 5.41) is 0.946. The molecule has 1 fully saturated rings. The highest BCUT2D eigenvalue weighted by molar-refractivity contribution is 7.18. The van der Waals surface area contributed by atoms with E-state index < -0.39 is 0 Å². The van der Waals surface area contributed by atoms with E-state index in [0.29, 0.717) is 6.42 Å². The molecule has 1 unspecified atom stereocenters. The topological polar surface area (TPSA) is 71.2 Å². The molecule has 8 heteroatoms. The van der Waals surface area contributed by atoms with Gasteiger partial charge >= 0.3 is 0 Å². The van der Waals surface area contributed by atoms with Crippen LogP contribution in [0.25, 0.3) is 10.2 Å². The Morgan fingerprint density at radius 3 is 2.68 bits per heavy atom. The number of piperazine rings is 1. The van der Waals surface area contributed by atoms with Gasteiger partial charge in [0.1, 0.15) is 5.82 Å². The standard InChI is InChI=1S/C17H19FN6S/c18-12-2-3-13-14(10-12)25-16(22-13)11-15(19)23-6-8-24(9-7-23)17-20-4-1-5-21-17/h1-5,10,15H,6-9,11,19H2. The lowest BCUT2D eigenvalue weighted by Crippen LogP contribution is -2.54. The molecule has 1 saturated heterocycles. The van der Waals surface area contributed by atoms with Crippen molar-refractivity contribution < 1.29 is 4.39 Å². The molecule has 2 N–H and O–H groups in total. The van der Waals surface area contributed by atoms with Gasteiger partial charge < -0.3 is 10.6 Å². The second kappa shape index (κ2) is 6.99. The van der Waals surface area contributed by atoms with Crippen LogP contribution < -0.4 is 10.6 Å². The predicted octanol–water partition coefficient (Wildman–Crippen LogP) is 1.87. The van der Waals surface area contributed by atoms with E-state index in [4.69, 9.17) is 5.73 Å². The van der Waals surface area contributed by atoms with Gasteiger partial charge in [0.05, 0.1) is 21.4 Å². The summed E-state index contributed by atoms with van der Waals surface area (Å²) < 4.78 is 14.2. The van der Waals surface area contributed by atoms with Crippen molar-refractivity contribution in [2.75, 3.05) is 31.1 Å². The molecule has 1 atom stereocenters. The van der Waals surface area contributed by atoms with Gasteiger partial charge in [-0.3, -0.25) is 4.90 Å². The Morgan fingerprint density at radius 2 is 1.92 bits per heavy atom. The number of thiazole rings is 1. The maximum Gasteiger partial charge on any atom is 0.225 e. The van der Waals surface area contributed by atoms with Crippen LogP contribution in [0.5, 0.6) is 0 Å². The number of anilines is 1. The van der Waals surface area contributed by atoms with Gasteiger partial charge in [-0.1, -0.05) is 0 Å². The SMILES string of the molecule is NC(Cc1nc2ccc(F)cc2s1)N1CCN(c2ncccn2)CC1. The third kappa shape index (κ3) is 3.60. The van der Waals surface area contributed by atoms with E-state index in [0.717, 1.165) is 47.4 Å². The van der Waals surface area contributed by atoms with Crippen molar-refractivity contribution in [1.29, 1.82) is 0 Å². The molecule has 0 aliphatic carbocycles. The number of halogens is 1. The Bertz CT molecular complexity index is 847. The fraction of sp³-hybridized carbons (Fsp3) is 0.353. The van der Waals surface area contributed by atoms with Crippen LogP contribution in [0.15, 0.2) is 36.7 Å². The molecule has 6 nitrogen and oxygen atoms in total. The summed E-state index contributed by atoms with van der Waals surface area (Å²) in [6.07, 6.45) is 4.10. The van der Waals surface area contributed by atoms with Crippen molar-refractivity contribution in [3.63, 3.8) is 0 Å². The van der Waals surface area contributed by atoms with Gasteiger partial charge in [0.15, 0.2) is 0 Å². The highest BCUT2D eigenvalue weighted by Gasteiger charge is 2.23. The van der Waals surface area contributed by atoms with Crippen molar-refractivity contribution in [2.24, 2.45) is 5.73 Å². The molecule has 0 bridgehead atoms. The lowest BCUT2D eigenvalue weighted by molar-refractivity contribution is 0.186. The first-order valence-corrected chi connectivity index (χ1v) is 9.07. The minimum Gasteiger partial charge on any atom is -0.338 e. The number of benzene rings is 1. The first kappa shape index (κ1) is 16.3. The molecule has 0 amide bonds. The molecule has 0 radical (unpaired) electrons. The highest BCUT2D eigenvalue weighted by Crippen LogP contribution is 2.24. The van der Waals surface area contributed by atoms with Gasteiger partial charge in [0.2, 0.25) is 5.95 Å². The average molecular weight is 358 g/mol. The summed E-state index contributed by atoms with van der Waals surface area (Å²) in [6, 6.07) is 6.51. The lowest BCUT2D eigenvalue weighted by Gasteiger charge is -2.37. The first-order chi connectivity index (χ1) is 12.2. The zero-order valence-corrected chi connectivity index (χ0v) is 14.5. The van der Waals surface area contributed by atoms with E-state index in [-0.39, 0.29) is 12.0 Å². The van der Waals surface area contributed by atoms with E-state index in [1.165, 1.54) is 23.5 Å². The Balaban J connectivity index is 1.37. The minimum atomic E-state index is -0.230. The van der Waals surface area contributed by atoms with E-state index in [1.54, 1.807) is 18.5 Å². The molecular formula is C17H19FN6S. The second-order valence-electron chi connectivity index (χ2n) is 6.06. The van der Waals surface area contributed by atoms with Gasteiger partial charge in [0.25, 0.3) is 0 Å². The second-order valence-corrected chi connectivity index (χ2v) is 7.18. The van der Waals surface area contributed by atoms with Crippen molar-refractivity contribution in [3.05, 3.63) is 47.5 Å². The highest BCUT2D eigenvalue weighted by atomic mass is 32.1. The predicted molar refractivity (Wildman–Crippen MR) is 97.1 cm³/mol. The molecule has 25 heavy (non-hydrogen) atoms. The molecule has 3 heterocycles. The van der Waals surface area contributed by atoms with Gasteiger partial charge in [0, 0.05) is 45.0 Å². The van der Waals surface area contributed by atoms with Crippen LogP contribution in [-0.2, 0) is 6.42 Å². The van der Waals surface area contributed by atoms with E-state index >= 15 is 0 Å². The van der Waals surface area contributed by atoms with E-state index in [9.17, 15) is 4.39 Å². The molecule has 3 aromatic rings. The molecule has 0 saturated carbocycles. The molecule has 0 spiro atoms. The van der Waals surface area contributed by atoms with Crippen LogP contribution in [0.3, 0.4) is 0 Å². The molecule has 2 aromatic heterocycles. The van der Waals surface area contributed by atoms with Crippen LogP contribution in [-0.4, -0.2) is 52.2 Å². The van der Waals surface area contributed by atoms with Crippen molar-refractivity contribution in [3.8, 4) is 0 Å². The Labute approximate surface area is 149 Å². The number of nitrogens with zero attached hydrogens (tertiary/aromatic N) is 5. The lowest BCUT2D eigenvalue weighted by atomic mass is 10.2. The third-order valence-electron chi connectivity index (χ3n) is 4.40. The van der Waals surface area contributed by atoms with Crippen LogP contribution in [0.2, 0.25) is 0 Å². The number of hydrogen-bond donors (Lipinski definition) is 1. The summed E-state index contributed by atoms with van der Waals surface area (Å²) in [4.78, 5) is 17.6. The van der Waals surface area contributed by atoms with Crippen LogP contribution in [0.4, 0.5) is 10.3 Å². The average Bonchev–Trinajstić information content (AvgIpc) is 3.04. The fourth-order valence-electron chi connectivity index (χ4n) is 3.05. The Morgan fingerprint density at radius 1 is 1.16 bits per heavy atom. The fourth-order valence-corrected chi connectivity index (χ4v) is 4.09. The maximum atomic E-state index is 13.3. The van der Waals surface area contributed by atoms with Gasteiger partial charge in [-0.25, -0.2) is 19.3 Å². The van der Waals surface area contributed by atoms with Gasteiger partial charge in [-0.2, -0.15) is 0 Å². The van der Waals surface area contributed by atoms with Gasteiger partial charge in [-0.15, -0.1) is 11.3 Å². The van der Waals surface area contributed by atoms with Crippen LogP contribution in [0, 0.1) is 5.82 Å². The molecule has 1 aromatic carbocycles. The molecule has 4 rings (SSSR count). The number of aromatic nitrogens is 3. The largest absolute Gasteiger partial charge is 0.338 e.